The first-order valence-corrected chi connectivity index (χ1v) is 2.62. The topological polar surface area (TPSA) is 94.8 Å². The van der Waals surface area contributed by atoms with Gasteiger partial charge >= 0.3 is 23.0 Å². The van der Waals surface area contributed by atoms with Crippen LogP contribution in [0.25, 0.3) is 0 Å². The van der Waals surface area contributed by atoms with Crippen LogP contribution in [-0.2, 0) is 23.6 Å². The van der Waals surface area contributed by atoms with Gasteiger partial charge in [0.1, 0.15) is 0 Å². The summed E-state index contributed by atoms with van der Waals surface area (Å²) in [6.45, 7) is 0.600. The molecule has 0 saturated heterocycles. The number of carboxylic acid groups (broad SMARTS) is 1. The number of rotatable bonds is 2. The molecule has 3 N–H and O–H groups in total. The average molecular weight is 181 g/mol. The van der Waals surface area contributed by atoms with E-state index in [1.807, 2.05) is 0 Å². The molecule has 0 aromatic rings. The SMILES string of the molecule is O=C(O)C[CH-]O.[O]=[Co][OH]. The fraction of sp³-hybridized carbons (Fsp3) is 0.333. The zero-order valence-corrected chi connectivity index (χ0v) is 5.32. The standard InChI is InChI=1S/C3H5O3.Co.H2O.O/c4-2-1-3(5)6;;;/h2,4H,1H2,(H,5,6);;1H2;/q-1;+1;;/p-1. The molecule has 0 spiro atoms. The third kappa shape index (κ3) is 34.3. The van der Waals surface area contributed by atoms with E-state index in [1.54, 1.807) is 0 Å². The quantitative estimate of drug-likeness (QED) is 0.490. The Morgan fingerprint density at radius 2 is 2.00 bits per heavy atom. The second kappa shape index (κ2) is 10.6. The van der Waals surface area contributed by atoms with Crippen molar-refractivity contribution in [3.63, 3.8) is 0 Å². The van der Waals surface area contributed by atoms with Crippen molar-refractivity contribution in [3.05, 3.63) is 6.61 Å². The van der Waals surface area contributed by atoms with Crippen LogP contribution in [0.15, 0.2) is 0 Å². The molecule has 0 aliphatic heterocycles. The molecule has 5 nitrogen and oxygen atoms in total. The number of aliphatic carboxylic acids is 1. The predicted octanol–water partition coefficient (Wildman–Crippen LogP) is -0.683. The van der Waals surface area contributed by atoms with Gasteiger partial charge in [-0.1, -0.05) is 6.42 Å². The molecule has 0 radical (unpaired) electrons. The second-order valence-electron chi connectivity index (χ2n) is 0.841. The van der Waals surface area contributed by atoms with Gasteiger partial charge in [-0.25, -0.2) is 6.61 Å². The van der Waals surface area contributed by atoms with Crippen LogP contribution in [0, 0.1) is 6.61 Å². The third-order valence-corrected chi connectivity index (χ3v) is 0.266. The fourth-order valence-electron chi connectivity index (χ4n) is 0.0781. The van der Waals surface area contributed by atoms with Gasteiger partial charge in [-0.15, -0.1) is 0 Å². The van der Waals surface area contributed by atoms with Crippen LogP contribution in [0.1, 0.15) is 6.42 Å². The minimum atomic E-state index is -1.02. The molecule has 9 heavy (non-hydrogen) atoms. The molecular formula is C3H6CoO5-. The van der Waals surface area contributed by atoms with Crippen LogP contribution < -0.4 is 0 Å². The van der Waals surface area contributed by atoms with Crippen LogP contribution in [0.5, 0.6) is 0 Å². The third-order valence-electron chi connectivity index (χ3n) is 0.266. The van der Waals surface area contributed by atoms with E-state index in [0.29, 0.717) is 6.61 Å². The van der Waals surface area contributed by atoms with Crippen molar-refractivity contribution >= 4 is 5.97 Å². The van der Waals surface area contributed by atoms with Gasteiger partial charge in [0.25, 0.3) is 5.97 Å². The second-order valence-corrected chi connectivity index (χ2v) is 1.03. The van der Waals surface area contributed by atoms with Crippen molar-refractivity contribution in [1.29, 1.82) is 0 Å². The van der Waals surface area contributed by atoms with Gasteiger partial charge in [0.2, 0.25) is 0 Å². The minimum absolute atomic E-state index is 0.278. The Kier molecular flexibility index (Phi) is 13.6. The van der Waals surface area contributed by atoms with Crippen LogP contribution in [-0.4, -0.2) is 20.4 Å². The molecule has 0 heterocycles. The Morgan fingerprint density at radius 1 is 1.67 bits per heavy atom. The van der Waals surface area contributed by atoms with E-state index in [4.69, 9.17) is 18.3 Å². The summed E-state index contributed by atoms with van der Waals surface area (Å²) in [7, 11) is 0. The first-order chi connectivity index (χ1) is 4.18. The molecule has 0 bridgehead atoms. The van der Waals surface area contributed by atoms with Crippen molar-refractivity contribution in [2.75, 3.05) is 0 Å². The molecule has 0 aliphatic rings. The van der Waals surface area contributed by atoms with Gasteiger partial charge in [0.15, 0.2) is 0 Å². The van der Waals surface area contributed by atoms with Gasteiger partial charge in [0, 0.05) is 0 Å². The molecule has 0 atom stereocenters. The van der Waals surface area contributed by atoms with Crippen molar-refractivity contribution in [1.82, 2.24) is 0 Å². The Hall–Kier alpha value is -0.304. The summed E-state index contributed by atoms with van der Waals surface area (Å²) in [5.41, 5.74) is 0. The number of hydrogen-bond acceptors (Lipinski definition) is 3. The maximum atomic E-state index is 9.41. The summed E-state index contributed by atoms with van der Waals surface area (Å²) >= 11 is -0.812. The molecule has 58 valence electrons. The van der Waals surface area contributed by atoms with Crippen LogP contribution in [0.4, 0.5) is 0 Å². The first-order valence-electron chi connectivity index (χ1n) is 1.73. The van der Waals surface area contributed by atoms with Gasteiger partial charge in [-0.05, 0) is 0 Å². The molecule has 0 aromatic carbocycles. The number of carbonyl (C=O) groups is 1. The number of aliphatic hydroxyl groups excluding tert-OH is 1. The molecule has 0 unspecified atom stereocenters. The van der Waals surface area contributed by atoms with Gasteiger partial charge < -0.3 is 10.2 Å². The molecule has 6 heteroatoms. The van der Waals surface area contributed by atoms with Crippen molar-refractivity contribution in [2.45, 2.75) is 6.42 Å². The molecule has 0 aromatic heterocycles. The van der Waals surface area contributed by atoms with E-state index in [1.165, 1.54) is 0 Å². The van der Waals surface area contributed by atoms with Crippen LogP contribution in [0.3, 0.4) is 0 Å². The van der Waals surface area contributed by atoms with E-state index >= 15 is 0 Å². The summed E-state index contributed by atoms with van der Waals surface area (Å²) < 4.78 is 15.4. The maximum absolute atomic E-state index is 9.41. The number of carboxylic acids is 1. The van der Waals surface area contributed by atoms with Crippen molar-refractivity contribution < 1.29 is 38.0 Å². The molecule has 0 fully saturated rings. The summed E-state index contributed by atoms with van der Waals surface area (Å²) in [5, 5.41) is 15.5. The Morgan fingerprint density at radius 3 is 2.00 bits per heavy atom. The monoisotopic (exact) mass is 181 g/mol. The van der Waals surface area contributed by atoms with Crippen LogP contribution in [0.2, 0.25) is 0 Å². The van der Waals surface area contributed by atoms with Gasteiger partial charge in [-0.3, -0.25) is 4.79 Å². The summed E-state index contributed by atoms with van der Waals surface area (Å²) in [6, 6.07) is 0. The van der Waals surface area contributed by atoms with Crippen molar-refractivity contribution in [2.24, 2.45) is 0 Å². The molecule has 0 saturated carbocycles. The molecule has 0 aliphatic carbocycles. The summed E-state index contributed by atoms with van der Waals surface area (Å²) in [6.07, 6.45) is -0.278. The fourth-order valence-corrected chi connectivity index (χ4v) is 0.0781. The number of aliphatic hydroxyl groups is 1. The summed E-state index contributed by atoms with van der Waals surface area (Å²) in [4.78, 5) is 9.41. The van der Waals surface area contributed by atoms with Gasteiger partial charge in [-0.2, -0.15) is 0 Å². The first kappa shape index (κ1) is 11.5. The van der Waals surface area contributed by atoms with Crippen LogP contribution >= 0.6 is 0 Å². The van der Waals surface area contributed by atoms with E-state index in [0.717, 1.165) is 0 Å². The van der Waals surface area contributed by atoms with E-state index in [2.05, 4.69) is 0 Å². The Balaban J connectivity index is 0. The zero-order valence-electron chi connectivity index (χ0n) is 4.28. The number of hydrogen-bond donors (Lipinski definition) is 3. The van der Waals surface area contributed by atoms with Gasteiger partial charge in [0.05, 0.1) is 0 Å². The zero-order chi connectivity index (χ0) is 7.70. The normalized spacial score (nSPS) is 7.78. The molecule has 0 amide bonds. The Labute approximate surface area is 57.8 Å². The summed E-state index contributed by atoms with van der Waals surface area (Å²) in [5.74, 6) is -1.02. The molecular weight excluding hydrogens is 175 g/mol. The average Bonchev–Trinajstić information content (AvgIpc) is 1.67. The molecule has 0 rings (SSSR count). The Bertz CT molecular complexity index is 82.3. The van der Waals surface area contributed by atoms with E-state index in [9.17, 15) is 4.79 Å². The van der Waals surface area contributed by atoms with E-state index < -0.39 is 20.9 Å². The predicted molar refractivity (Wildman–Crippen MR) is 21.4 cm³/mol. The van der Waals surface area contributed by atoms with Crippen molar-refractivity contribution in [3.8, 4) is 0 Å². The van der Waals surface area contributed by atoms with E-state index in [-0.39, 0.29) is 6.42 Å².